The Kier molecular flexibility index (Phi) is 7.14. The molecule has 0 fully saturated rings. The zero-order valence-corrected chi connectivity index (χ0v) is 15.0. The molecule has 5 nitrogen and oxygen atoms in total. The summed E-state index contributed by atoms with van der Waals surface area (Å²) in [7, 11) is 3.35. The zero-order valence-electron chi connectivity index (χ0n) is 15.0. The van der Waals surface area contributed by atoms with E-state index in [1.807, 2.05) is 48.5 Å². The second-order valence-corrected chi connectivity index (χ2v) is 5.63. The largest absolute Gasteiger partial charge is 0.493 e. The molecular formula is C20H25NO4. The summed E-state index contributed by atoms with van der Waals surface area (Å²) >= 11 is 0. The van der Waals surface area contributed by atoms with Crippen molar-refractivity contribution in [2.24, 2.45) is 0 Å². The average molecular weight is 343 g/mol. The second kappa shape index (κ2) is 9.57. The number of nitrogens with zero attached hydrogens (tertiary/aromatic N) is 1. The van der Waals surface area contributed by atoms with Gasteiger partial charge in [-0.15, -0.1) is 0 Å². The number of methoxy groups -OCH3 is 1. The van der Waals surface area contributed by atoms with E-state index in [0.717, 1.165) is 11.1 Å². The summed E-state index contributed by atoms with van der Waals surface area (Å²) in [6.45, 7) is 3.24. The van der Waals surface area contributed by atoms with E-state index in [-0.39, 0.29) is 6.09 Å². The Morgan fingerprint density at radius 3 is 2.48 bits per heavy atom. The Bertz CT molecular complexity index is 673. The van der Waals surface area contributed by atoms with Crippen LogP contribution in [0.2, 0.25) is 0 Å². The minimum absolute atomic E-state index is 0.308. The van der Waals surface area contributed by atoms with Gasteiger partial charge in [0.25, 0.3) is 0 Å². The molecule has 0 spiro atoms. The Morgan fingerprint density at radius 1 is 1.04 bits per heavy atom. The number of carbonyl (C=O) groups is 1. The summed E-state index contributed by atoms with van der Waals surface area (Å²) in [4.78, 5) is 13.2. The van der Waals surface area contributed by atoms with Crippen LogP contribution in [0.3, 0.4) is 0 Å². The highest BCUT2D eigenvalue weighted by Gasteiger charge is 2.11. The first-order chi connectivity index (χ1) is 12.1. The van der Waals surface area contributed by atoms with Crippen LogP contribution in [0, 0.1) is 0 Å². The first kappa shape index (κ1) is 18.6. The second-order valence-electron chi connectivity index (χ2n) is 5.63. The lowest BCUT2D eigenvalue weighted by atomic mass is 10.1. The normalized spacial score (nSPS) is 10.2. The van der Waals surface area contributed by atoms with Gasteiger partial charge in [0.1, 0.15) is 6.61 Å². The van der Waals surface area contributed by atoms with E-state index in [9.17, 15) is 4.79 Å². The minimum atomic E-state index is -0.308. The molecule has 0 N–H and O–H groups in total. The highest BCUT2D eigenvalue weighted by atomic mass is 16.6. The molecule has 0 saturated heterocycles. The molecule has 0 aromatic heterocycles. The fourth-order valence-electron chi connectivity index (χ4n) is 2.34. The van der Waals surface area contributed by atoms with Crippen molar-refractivity contribution in [3.8, 4) is 11.5 Å². The number of ether oxygens (including phenoxy) is 3. The molecule has 0 saturated carbocycles. The summed E-state index contributed by atoms with van der Waals surface area (Å²) in [5, 5.41) is 0. The Balaban J connectivity index is 1.95. The third kappa shape index (κ3) is 5.71. The van der Waals surface area contributed by atoms with E-state index in [0.29, 0.717) is 37.7 Å². The third-order valence-electron chi connectivity index (χ3n) is 3.78. The first-order valence-electron chi connectivity index (χ1n) is 8.35. The van der Waals surface area contributed by atoms with Crippen molar-refractivity contribution in [2.45, 2.75) is 20.0 Å². The van der Waals surface area contributed by atoms with E-state index in [4.69, 9.17) is 14.2 Å². The number of benzene rings is 2. The van der Waals surface area contributed by atoms with Gasteiger partial charge in [0.2, 0.25) is 0 Å². The van der Waals surface area contributed by atoms with E-state index >= 15 is 0 Å². The number of hydrogen-bond donors (Lipinski definition) is 0. The third-order valence-corrected chi connectivity index (χ3v) is 3.78. The predicted molar refractivity (Wildman–Crippen MR) is 97.1 cm³/mol. The summed E-state index contributed by atoms with van der Waals surface area (Å²) in [5.41, 5.74) is 2.17. The van der Waals surface area contributed by atoms with E-state index in [2.05, 4.69) is 0 Å². The highest BCUT2D eigenvalue weighted by Crippen LogP contribution is 2.29. The molecule has 2 rings (SSSR count). The van der Waals surface area contributed by atoms with Gasteiger partial charge in [0.15, 0.2) is 11.5 Å². The molecule has 0 aliphatic carbocycles. The smallest absolute Gasteiger partial charge is 0.409 e. The highest BCUT2D eigenvalue weighted by molar-refractivity contribution is 5.67. The maximum absolute atomic E-state index is 11.6. The van der Waals surface area contributed by atoms with E-state index in [1.54, 1.807) is 26.0 Å². The zero-order chi connectivity index (χ0) is 18.1. The van der Waals surface area contributed by atoms with Gasteiger partial charge in [0, 0.05) is 13.6 Å². The van der Waals surface area contributed by atoms with Gasteiger partial charge in [-0.3, -0.25) is 0 Å². The summed E-state index contributed by atoms with van der Waals surface area (Å²) in [5.74, 6) is 1.39. The van der Waals surface area contributed by atoms with Crippen LogP contribution >= 0.6 is 0 Å². The lowest BCUT2D eigenvalue weighted by Gasteiger charge is -2.17. The van der Waals surface area contributed by atoms with Gasteiger partial charge in [-0.25, -0.2) is 4.79 Å². The van der Waals surface area contributed by atoms with Crippen LogP contribution in [0.15, 0.2) is 48.5 Å². The predicted octanol–water partition coefficient (Wildman–Crippen LogP) is 3.91. The number of likely N-dealkylation sites (N-methyl/N-ethyl adjacent to an activating group) is 1. The van der Waals surface area contributed by atoms with E-state index in [1.165, 1.54) is 0 Å². The molecule has 5 heteroatoms. The standard InChI is InChI=1S/C20H25NO4/c1-4-24-20(22)21(2)13-12-16-10-11-18(19(14-16)23-3)25-15-17-8-6-5-7-9-17/h5-11,14H,4,12-13,15H2,1-3H3. The molecule has 0 aliphatic heterocycles. The van der Waals surface area contributed by atoms with Gasteiger partial charge in [-0.1, -0.05) is 36.4 Å². The maximum atomic E-state index is 11.6. The van der Waals surface area contributed by atoms with E-state index < -0.39 is 0 Å². The molecule has 2 aromatic carbocycles. The molecule has 0 aliphatic rings. The molecule has 0 unspecified atom stereocenters. The van der Waals surface area contributed by atoms with Crippen molar-refractivity contribution in [1.82, 2.24) is 4.90 Å². The summed E-state index contributed by atoms with van der Waals surface area (Å²) in [6.07, 6.45) is 0.405. The average Bonchev–Trinajstić information content (AvgIpc) is 2.65. The summed E-state index contributed by atoms with van der Waals surface area (Å²) in [6, 6.07) is 15.8. The lowest BCUT2D eigenvalue weighted by Crippen LogP contribution is -2.29. The number of carbonyl (C=O) groups excluding carboxylic acids is 1. The lowest BCUT2D eigenvalue weighted by molar-refractivity contribution is 0.116. The van der Waals surface area contributed by atoms with Crippen LogP contribution in [0.25, 0.3) is 0 Å². The number of rotatable bonds is 8. The van der Waals surface area contributed by atoms with Gasteiger partial charge >= 0.3 is 6.09 Å². The summed E-state index contributed by atoms with van der Waals surface area (Å²) < 4.78 is 16.3. The quantitative estimate of drug-likeness (QED) is 0.729. The molecule has 25 heavy (non-hydrogen) atoms. The van der Waals surface area contributed by atoms with Crippen LogP contribution in [0.1, 0.15) is 18.1 Å². The van der Waals surface area contributed by atoms with Crippen molar-refractivity contribution < 1.29 is 19.0 Å². The van der Waals surface area contributed by atoms with Crippen molar-refractivity contribution in [3.05, 3.63) is 59.7 Å². The van der Waals surface area contributed by atoms with Crippen LogP contribution in [-0.2, 0) is 17.8 Å². The van der Waals surface area contributed by atoms with Crippen LogP contribution in [0.5, 0.6) is 11.5 Å². The van der Waals surface area contributed by atoms with Crippen LogP contribution < -0.4 is 9.47 Å². The maximum Gasteiger partial charge on any atom is 0.409 e. The van der Waals surface area contributed by atoms with Crippen molar-refractivity contribution in [2.75, 3.05) is 27.3 Å². The Hall–Kier alpha value is -2.69. The topological polar surface area (TPSA) is 48.0 Å². The number of hydrogen-bond acceptors (Lipinski definition) is 4. The first-order valence-corrected chi connectivity index (χ1v) is 8.35. The Labute approximate surface area is 149 Å². The Morgan fingerprint density at radius 2 is 1.80 bits per heavy atom. The minimum Gasteiger partial charge on any atom is -0.493 e. The molecule has 0 atom stereocenters. The van der Waals surface area contributed by atoms with Gasteiger partial charge < -0.3 is 19.1 Å². The number of amides is 1. The fraction of sp³-hybridized carbons (Fsp3) is 0.350. The fourth-order valence-corrected chi connectivity index (χ4v) is 2.34. The van der Waals surface area contributed by atoms with Crippen molar-refractivity contribution in [1.29, 1.82) is 0 Å². The SMILES string of the molecule is CCOC(=O)N(C)CCc1ccc(OCc2ccccc2)c(OC)c1. The molecule has 0 bridgehead atoms. The van der Waals surface area contributed by atoms with Gasteiger partial charge in [-0.2, -0.15) is 0 Å². The van der Waals surface area contributed by atoms with Crippen molar-refractivity contribution >= 4 is 6.09 Å². The van der Waals surface area contributed by atoms with Crippen molar-refractivity contribution in [3.63, 3.8) is 0 Å². The van der Waals surface area contributed by atoms with Crippen LogP contribution in [-0.4, -0.2) is 38.3 Å². The molecule has 1 amide bonds. The van der Waals surface area contributed by atoms with Gasteiger partial charge in [0.05, 0.1) is 13.7 Å². The molecule has 2 aromatic rings. The van der Waals surface area contributed by atoms with Gasteiger partial charge in [-0.05, 0) is 36.6 Å². The molecule has 134 valence electrons. The monoisotopic (exact) mass is 343 g/mol. The van der Waals surface area contributed by atoms with Crippen LogP contribution in [0.4, 0.5) is 4.79 Å². The molecule has 0 heterocycles. The molecular weight excluding hydrogens is 318 g/mol. The molecule has 0 radical (unpaired) electrons.